The van der Waals surface area contributed by atoms with Crippen molar-refractivity contribution in [3.8, 4) is 5.75 Å². The Bertz CT molecular complexity index is 1320. The highest BCUT2D eigenvalue weighted by atomic mass is 16.5. The molecule has 0 bridgehead atoms. The number of carbonyl (C=O) groups excluding carboxylic acids is 2. The second-order valence-corrected chi connectivity index (χ2v) is 8.72. The molecule has 0 aromatic heterocycles. The highest BCUT2D eigenvalue weighted by Gasteiger charge is 2.19. The lowest BCUT2D eigenvalue weighted by molar-refractivity contribution is -0.120. The first-order valence-electron chi connectivity index (χ1n) is 11.9. The first-order chi connectivity index (χ1) is 17.5. The molecule has 5 nitrogen and oxygen atoms in total. The monoisotopic (exact) mass is 478 g/mol. The summed E-state index contributed by atoms with van der Waals surface area (Å²) in [4.78, 5) is 28.0. The highest BCUT2D eigenvalue weighted by Crippen LogP contribution is 2.24. The van der Waals surface area contributed by atoms with Gasteiger partial charge in [0.25, 0.3) is 5.91 Å². The van der Waals surface area contributed by atoms with Gasteiger partial charge in [0.05, 0.1) is 20.1 Å². The van der Waals surface area contributed by atoms with E-state index in [0.29, 0.717) is 24.4 Å². The lowest BCUT2D eigenvalue weighted by Gasteiger charge is -2.24. The van der Waals surface area contributed by atoms with Crippen LogP contribution in [-0.2, 0) is 24.3 Å². The summed E-state index contributed by atoms with van der Waals surface area (Å²) in [6, 6.07) is 32.7. The number of carbonyl (C=O) groups is 2. The van der Waals surface area contributed by atoms with Crippen LogP contribution in [0.1, 0.15) is 32.6 Å². The van der Waals surface area contributed by atoms with Crippen LogP contribution < -0.4 is 15.0 Å². The lowest BCUT2D eigenvalue weighted by atomic mass is 10.1. The number of hydrogen-bond donors (Lipinski definition) is 1. The van der Waals surface area contributed by atoms with E-state index in [1.54, 1.807) is 24.1 Å². The quantitative estimate of drug-likeness (QED) is 0.335. The second-order valence-electron chi connectivity index (χ2n) is 8.72. The molecule has 36 heavy (non-hydrogen) atoms. The van der Waals surface area contributed by atoms with Gasteiger partial charge in [-0.3, -0.25) is 9.59 Å². The third kappa shape index (κ3) is 6.60. The van der Waals surface area contributed by atoms with E-state index in [2.05, 4.69) is 5.32 Å². The predicted molar refractivity (Wildman–Crippen MR) is 143 cm³/mol. The van der Waals surface area contributed by atoms with Crippen LogP contribution in [-0.4, -0.2) is 18.9 Å². The first-order valence-corrected chi connectivity index (χ1v) is 11.9. The van der Waals surface area contributed by atoms with E-state index in [1.807, 2.05) is 97.9 Å². The average molecular weight is 479 g/mol. The van der Waals surface area contributed by atoms with Crippen LogP contribution in [0.25, 0.3) is 0 Å². The van der Waals surface area contributed by atoms with Gasteiger partial charge in [-0.1, -0.05) is 78.4 Å². The van der Waals surface area contributed by atoms with E-state index in [-0.39, 0.29) is 18.2 Å². The summed E-state index contributed by atoms with van der Waals surface area (Å²) < 4.78 is 5.32. The van der Waals surface area contributed by atoms with E-state index >= 15 is 0 Å². The fraction of sp³-hybridized carbons (Fsp3) is 0.161. The Labute approximate surface area is 212 Å². The maximum Gasteiger partial charge on any atom is 0.258 e. The number of nitrogens with one attached hydrogen (secondary N) is 1. The molecule has 2 amide bonds. The highest BCUT2D eigenvalue weighted by molar-refractivity contribution is 6.06. The van der Waals surface area contributed by atoms with Crippen molar-refractivity contribution in [3.05, 3.63) is 131 Å². The van der Waals surface area contributed by atoms with Crippen molar-refractivity contribution < 1.29 is 14.3 Å². The number of nitrogens with zero attached hydrogens (tertiary/aromatic N) is 1. The number of ether oxygens (including phenoxy) is 1. The van der Waals surface area contributed by atoms with Gasteiger partial charge in [-0.05, 0) is 53.9 Å². The molecule has 0 fully saturated rings. The van der Waals surface area contributed by atoms with Gasteiger partial charge in [-0.15, -0.1) is 0 Å². The smallest absolute Gasteiger partial charge is 0.258 e. The topological polar surface area (TPSA) is 58.6 Å². The van der Waals surface area contributed by atoms with Crippen LogP contribution in [0.4, 0.5) is 5.69 Å². The van der Waals surface area contributed by atoms with Crippen LogP contribution >= 0.6 is 0 Å². The molecule has 0 saturated carbocycles. The number of benzene rings is 4. The number of aryl methyl sites for hydroxylation is 1. The molecule has 0 spiro atoms. The van der Waals surface area contributed by atoms with E-state index in [9.17, 15) is 9.59 Å². The maximum absolute atomic E-state index is 13.7. The van der Waals surface area contributed by atoms with E-state index in [1.165, 1.54) is 0 Å². The number of methoxy groups -OCH3 is 1. The van der Waals surface area contributed by atoms with Crippen molar-refractivity contribution in [2.75, 3.05) is 12.0 Å². The minimum atomic E-state index is -0.139. The Morgan fingerprint density at radius 3 is 2.25 bits per heavy atom. The molecule has 0 heterocycles. The Hall–Kier alpha value is -4.38. The molecule has 0 atom stereocenters. The Kier molecular flexibility index (Phi) is 8.14. The second kappa shape index (κ2) is 11.8. The summed E-state index contributed by atoms with van der Waals surface area (Å²) in [6.07, 6.45) is 0.229. The SMILES string of the molecule is COc1cccc(C(=O)N(Cc2ccc(C)cc2)c2cccc(CC(=O)NCc3ccccc3)c2)c1. The summed E-state index contributed by atoms with van der Waals surface area (Å²) in [7, 11) is 1.58. The van der Waals surface area contributed by atoms with Crippen LogP contribution in [0.2, 0.25) is 0 Å². The van der Waals surface area contributed by atoms with E-state index < -0.39 is 0 Å². The molecule has 4 rings (SSSR count). The Balaban J connectivity index is 1.56. The zero-order valence-electron chi connectivity index (χ0n) is 20.6. The average Bonchev–Trinajstić information content (AvgIpc) is 2.92. The number of anilines is 1. The molecular weight excluding hydrogens is 448 g/mol. The lowest BCUT2D eigenvalue weighted by Crippen LogP contribution is -2.30. The van der Waals surface area contributed by atoms with E-state index in [0.717, 1.165) is 27.9 Å². The molecule has 182 valence electrons. The molecule has 1 N–H and O–H groups in total. The summed E-state index contributed by atoms with van der Waals surface area (Å²) in [5.41, 5.74) is 5.33. The van der Waals surface area contributed by atoms with Crippen molar-refractivity contribution in [3.63, 3.8) is 0 Å². The van der Waals surface area contributed by atoms with Crippen LogP contribution in [0, 0.1) is 6.92 Å². The molecule has 0 saturated heterocycles. The maximum atomic E-state index is 13.7. The molecular formula is C31H30N2O3. The summed E-state index contributed by atoms with van der Waals surface area (Å²) >= 11 is 0. The third-order valence-electron chi connectivity index (χ3n) is 5.94. The molecule has 0 unspecified atom stereocenters. The van der Waals surface area contributed by atoms with Crippen molar-refractivity contribution >= 4 is 17.5 Å². The number of rotatable bonds is 9. The van der Waals surface area contributed by atoms with Gasteiger partial charge in [0, 0.05) is 17.8 Å². The molecule has 0 aliphatic carbocycles. The summed E-state index contributed by atoms with van der Waals surface area (Å²) in [5.74, 6) is 0.417. The minimum absolute atomic E-state index is 0.0693. The van der Waals surface area contributed by atoms with Crippen LogP contribution in [0.5, 0.6) is 5.75 Å². The first kappa shape index (κ1) is 24.7. The van der Waals surface area contributed by atoms with Gasteiger partial charge in [0.1, 0.15) is 5.75 Å². The van der Waals surface area contributed by atoms with Gasteiger partial charge in [-0.2, -0.15) is 0 Å². The van der Waals surface area contributed by atoms with Gasteiger partial charge in [0.2, 0.25) is 5.91 Å². The Morgan fingerprint density at radius 1 is 0.778 bits per heavy atom. The molecule has 5 heteroatoms. The van der Waals surface area contributed by atoms with Crippen molar-refractivity contribution in [2.45, 2.75) is 26.4 Å². The van der Waals surface area contributed by atoms with Crippen molar-refractivity contribution in [1.29, 1.82) is 0 Å². The normalized spacial score (nSPS) is 10.5. The van der Waals surface area contributed by atoms with E-state index in [4.69, 9.17) is 4.74 Å². The van der Waals surface area contributed by atoms with Crippen LogP contribution in [0.3, 0.4) is 0 Å². The molecule has 0 aliphatic heterocycles. The standard InChI is InChI=1S/C31H30N2O3/c1-23-14-16-25(17-15-23)22-33(31(35)27-11-7-13-29(20-27)36-2)28-12-6-10-26(18-28)19-30(34)32-21-24-8-4-3-5-9-24/h3-18,20H,19,21-22H2,1-2H3,(H,32,34). The fourth-order valence-corrected chi connectivity index (χ4v) is 3.95. The molecule has 4 aromatic rings. The summed E-state index contributed by atoms with van der Waals surface area (Å²) in [5, 5.41) is 2.97. The summed E-state index contributed by atoms with van der Waals surface area (Å²) in [6.45, 7) is 2.92. The molecule has 4 aromatic carbocycles. The zero-order chi connectivity index (χ0) is 25.3. The van der Waals surface area contributed by atoms with Crippen molar-refractivity contribution in [1.82, 2.24) is 5.32 Å². The van der Waals surface area contributed by atoms with Gasteiger partial charge >= 0.3 is 0 Å². The molecule has 0 radical (unpaired) electrons. The van der Waals surface area contributed by atoms with Gasteiger partial charge in [-0.25, -0.2) is 0 Å². The van der Waals surface area contributed by atoms with Gasteiger partial charge < -0.3 is 15.0 Å². The minimum Gasteiger partial charge on any atom is -0.497 e. The number of hydrogen-bond acceptors (Lipinski definition) is 3. The predicted octanol–water partition coefficient (Wildman–Crippen LogP) is 5.71. The Morgan fingerprint density at radius 2 is 1.50 bits per heavy atom. The fourth-order valence-electron chi connectivity index (χ4n) is 3.95. The van der Waals surface area contributed by atoms with Crippen LogP contribution in [0.15, 0.2) is 103 Å². The number of amides is 2. The van der Waals surface area contributed by atoms with Gasteiger partial charge in [0.15, 0.2) is 0 Å². The zero-order valence-corrected chi connectivity index (χ0v) is 20.6. The largest absolute Gasteiger partial charge is 0.497 e. The van der Waals surface area contributed by atoms with Crippen molar-refractivity contribution in [2.24, 2.45) is 0 Å². The third-order valence-corrected chi connectivity index (χ3v) is 5.94. The molecule has 0 aliphatic rings.